The van der Waals surface area contributed by atoms with Gasteiger partial charge in [0.25, 0.3) is 0 Å². The summed E-state index contributed by atoms with van der Waals surface area (Å²) >= 11 is 11.9. The van der Waals surface area contributed by atoms with Gasteiger partial charge in [0, 0.05) is 15.6 Å². The highest BCUT2D eigenvalue weighted by Crippen LogP contribution is 2.24. The summed E-state index contributed by atoms with van der Waals surface area (Å²) < 4.78 is 23.2. The van der Waals surface area contributed by atoms with E-state index in [9.17, 15) is 8.42 Å². The average molecular weight is 339 g/mol. The van der Waals surface area contributed by atoms with Crippen molar-refractivity contribution in [2.45, 2.75) is 25.7 Å². The lowest BCUT2D eigenvalue weighted by Crippen LogP contribution is -2.28. The summed E-state index contributed by atoms with van der Waals surface area (Å²) in [6.07, 6.45) is 0. The fourth-order valence-corrected chi connectivity index (χ4v) is 2.55. The van der Waals surface area contributed by atoms with E-state index < -0.39 is 15.1 Å². The number of rotatable bonds is 6. The first-order chi connectivity index (χ1) is 9.24. The van der Waals surface area contributed by atoms with Gasteiger partial charge < -0.3 is 10.6 Å². The van der Waals surface area contributed by atoms with Crippen molar-refractivity contribution in [1.29, 1.82) is 0 Å². The lowest BCUT2D eigenvalue weighted by molar-refractivity contribution is 0.130. The summed E-state index contributed by atoms with van der Waals surface area (Å²) in [4.78, 5) is 5.00. The second-order valence-electron chi connectivity index (χ2n) is 4.41. The van der Waals surface area contributed by atoms with Gasteiger partial charge in [-0.3, -0.25) is 0 Å². The van der Waals surface area contributed by atoms with E-state index in [4.69, 9.17) is 33.8 Å². The Morgan fingerprint density at radius 2 is 1.90 bits per heavy atom. The van der Waals surface area contributed by atoms with Gasteiger partial charge in [-0.15, -0.1) is 0 Å². The molecule has 8 heteroatoms. The third kappa shape index (κ3) is 4.85. The molecule has 112 valence electrons. The number of benzene rings is 1. The molecule has 2 N–H and O–H groups in total. The molecule has 0 saturated carbocycles. The fourth-order valence-electron chi connectivity index (χ4n) is 1.25. The van der Waals surface area contributed by atoms with Crippen LogP contribution in [0.25, 0.3) is 0 Å². The fraction of sp³-hybridized carbons (Fsp3) is 0.417. The van der Waals surface area contributed by atoms with Crippen LogP contribution >= 0.6 is 23.2 Å². The van der Waals surface area contributed by atoms with Crippen molar-refractivity contribution < 1.29 is 13.3 Å². The lowest BCUT2D eigenvalue weighted by atomic mass is 10.2. The van der Waals surface area contributed by atoms with E-state index in [-0.39, 0.29) is 18.2 Å². The molecule has 20 heavy (non-hydrogen) atoms. The Bertz CT molecular complexity index is 580. The van der Waals surface area contributed by atoms with Crippen molar-refractivity contribution in [1.82, 2.24) is 0 Å². The highest BCUT2D eigenvalue weighted by atomic mass is 35.5. The van der Waals surface area contributed by atoms with Gasteiger partial charge in [0.2, 0.25) is 0 Å². The standard InChI is InChI=1S/C12H16Cl2N2O3S/c1-8(2)20(17,18)7-12(15)16-19-6-9-10(13)4-3-5-11(9)14/h3-5,8H,6-7H2,1-2H3,(H2,15,16). The van der Waals surface area contributed by atoms with Gasteiger partial charge in [-0.1, -0.05) is 34.4 Å². The van der Waals surface area contributed by atoms with Crippen LogP contribution in [-0.2, 0) is 21.3 Å². The maximum atomic E-state index is 11.6. The van der Waals surface area contributed by atoms with Gasteiger partial charge in [-0.05, 0) is 26.0 Å². The molecule has 0 spiro atoms. The zero-order valence-corrected chi connectivity index (χ0v) is 13.5. The second kappa shape index (κ2) is 7.15. The van der Waals surface area contributed by atoms with Crippen LogP contribution < -0.4 is 5.73 Å². The molecule has 1 rings (SSSR count). The number of halogens is 2. The topological polar surface area (TPSA) is 81.8 Å². The van der Waals surface area contributed by atoms with E-state index in [0.717, 1.165) is 0 Å². The van der Waals surface area contributed by atoms with Crippen LogP contribution in [0, 0.1) is 0 Å². The van der Waals surface area contributed by atoms with Crippen LogP contribution in [0.4, 0.5) is 0 Å². The van der Waals surface area contributed by atoms with Gasteiger partial charge in [-0.25, -0.2) is 8.42 Å². The number of amidine groups is 1. The predicted octanol–water partition coefficient (Wildman–Crippen LogP) is 2.61. The molecule has 0 saturated heterocycles. The van der Waals surface area contributed by atoms with Gasteiger partial charge in [0.15, 0.2) is 15.7 Å². The maximum absolute atomic E-state index is 11.6. The molecule has 0 radical (unpaired) electrons. The smallest absolute Gasteiger partial charge is 0.159 e. The quantitative estimate of drug-likeness (QED) is 0.491. The summed E-state index contributed by atoms with van der Waals surface area (Å²) in [5.41, 5.74) is 6.09. The maximum Gasteiger partial charge on any atom is 0.159 e. The van der Waals surface area contributed by atoms with Crippen molar-refractivity contribution in [3.63, 3.8) is 0 Å². The van der Waals surface area contributed by atoms with Crippen LogP contribution in [0.1, 0.15) is 19.4 Å². The van der Waals surface area contributed by atoms with Crippen molar-refractivity contribution in [3.05, 3.63) is 33.8 Å². The zero-order chi connectivity index (χ0) is 15.3. The normalized spacial score (nSPS) is 12.8. The van der Waals surface area contributed by atoms with Gasteiger partial charge >= 0.3 is 0 Å². The summed E-state index contributed by atoms with van der Waals surface area (Å²) in [5, 5.41) is 3.94. The molecule has 0 aromatic heterocycles. The molecule has 0 atom stereocenters. The summed E-state index contributed by atoms with van der Waals surface area (Å²) in [6.45, 7) is 3.17. The zero-order valence-electron chi connectivity index (χ0n) is 11.1. The molecule has 1 aromatic carbocycles. The number of nitrogens with zero attached hydrogens (tertiary/aromatic N) is 1. The third-order valence-electron chi connectivity index (χ3n) is 2.52. The lowest BCUT2D eigenvalue weighted by Gasteiger charge is -2.08. The Morgan fingerprint density at radius 3 is 2.40 bits per heavy atom. The molecule has 0 heterocycles. The summed E-state index contributed by atoms with van der Waals surface area (Å²) in [7, 11) is -3.30. The van der Waals surface area contributed by atoms with Crippen LogP contribution in [0.2, 0.25) is 10.0 Å². The minimum atomic E-state index is -3.30. The molecule has 0 unspecified atom stereocenters. The number of sulfone groups is 1. The van der Waals surface area contributed by atoms with Gasteiger partial charge in [0.1, 0.15) is 12.4 Å². The highest BCUT2D eigenvalue weighted by Gasteiger charge is 2.18. The monoisotopic (exact) mass is 338 g/mol. The van der Waals surface area contributed by atoms with E-state index in [1.54, 1.807) is 32.0 Å². The predicted molar refractivity (Wildman–Crippen MR) is 81.8 cm³/mol. The minimum absolute atomic E-state index is 0.0148. The molecule has 0 bridgehead atoms. The molecule has 0 aliphatic carbocycles. The first-order valence-corrected chi connectivity index (χ1v) is 8.30. The van der Waals surface area contributed by atoms with Crippen molar-refractivity contribution >= 4 is 38.9 Å². The minimum Gasteiger partial charge on any atom is -0.389 e. The summed E-state index contributed by atoms with van der Waals surface area (Å²) in [6, 6.07) is 5.05. The average Bonchev–Trinajstić information content (AvgIpc) is 2.32. The second-order valence-corrected chi connectivity index (χ2v) is 7.78. The number of hydrogen-bond donors (Lipinski definition) is 1. The molecule has 5 nitrogen and oxygen atoms in total. The third-order valence-corrected chi connectivity index (χ3v) is 5.36. The Kier molecular flexibility index (Phi) is 6.10. The first-order valence-electron chi connectivity index (χ1n) is 5.83. The Hall–Kier alpha value is -0.980. The van der Waals surface area contributed by atoms with Crippen molar-refractivity contribution in [2.75, 3.05) is 5.75 Å². The molecule has 0 fully saturated rings. The van der Waals surface area contributed by atoms with Crippen molar-refractivity contribution in [3.8, 4) is 0 Å². The van der Waals surface area contributed by atoms with Gasteiger partial charge in [-0.2, -0.15) is 0 Å². The van der Waals surface area contributed by atoms with E-state index in [1.165, 1.54) is 0 Å². The SMILES string of the molecule is CC(C)S(=O)(=O)C/C(N)=N/OCc1c(Cl)cccc1Cl. The highest BCUT2D eigenvalue weighted by molar-refractivity contribution is 7.92. The molecular formula is C12H16Cl2N2O3S. The number of hydrogen-bond acceptors (Lipinski definition) is 4. The molecule has 0 amide bonds. The van der Waals surface area contributed by atoms with Crippen molar-refractivity contribution in [2.24, 2.45) is 10.9 Å². The van der Waals surface area contributed by atoms with Crippen LogP contribution in [-0.4, -0.2) is 25.3 Å². The summed E-state index contributed by atoms with van der Waals surface area (Å²) in [5.74, 6) is -0.456. The number of oxime groups is 1. The van der Waals surface area contributed by atoms with E-state index >= 15 is 0 Å². The Morgan fingerprint density at radius 1 is 1.35 bits per heavy atom. The van der Waals surface area contributed by atoms with Crippen LogP contribution in [0.3, 0.4) is 0 Å². The largest absolute Gasteiger partial charge is 0.389 e. The van der Waals surface area contributed by atoms with E-state index in [1.807, 2.05) is 0 Å². The Balaban J connectivity index is 2.66. The van der Waals surface area contributed by atoms with E-state index in [0.29, 0.717) is 15.6 Å². The molecule has 0 aliphatic heterocycles. The van der Waals surface area contributed by atoms with Gasteiger partial charge in [0.05, 0.1) is 5.25 Å². The van der Waals surface area contributed by atoms with Crippen LogP contribution in [0.5, 0.6) is 0 Å². The van der Waals surface area contributed by atoms with E-state index in [2.05, 4.69) is 5.16 Å². The van der Waals surface area contributed by atoms with Crippen LogP contribution in [0.15, 0.2) is 23.4 Å². The molecule has 1 aromatic rings. The Labute approximate surface area is 128 Å². The first kappa shape index (κ1) is 17.1. The molecule has 0 aliphatic rings. The molecular weight excluding hydrogens is 323 g/mol. The number of nitrogens with two attached hydrogens (primary N) is 1.